The van der Waals surface area contributed by atoms with E-state index >= 15 is 0 Å². The fourth-order valence-electron chi connectivity index (χ4n) is 3.43. The average Bonchev–Trinajstić information content (AvgIpc) is 2.64. The molecule has 0 rings (SSSR count). The summed E-state index contributed by atoms with van der Waals surface area (Å²) >= 11 is 0. The molecule has 0 fully saturated rings. The third-order valence-corrected chi connectivity index (χ3v) is 5.45. The smallest absolute Gasteiger partial charge is 0.308 e. The number of ether oxygens (including phenoxy) is 1. The third kappa shape index (κ3) is 16.9. The Kier molecular flexibility index (Phi) is 18.8. The van der Waals surface area contributed by atoms with Crippen LogP contribution in [-0.4, -0.2) is 12.6 Å². The normalized spacial score (nSPS) is 13.5. The highest BCUT2D eigenvalue weighted by molar-refractivity contribution is 5.71. The maximum atomic E-state index is 12.0. The fraction of sp³-hybridized carbons (Fsp3) is 0.958. The second-order valence-corrected chi connectivity index (χ2v) is 8.46. The van der Waals surface area contributed by atoms with Gasteiger partial charge >= 0.3 is 5.97 Å². The number of esters is 1. The Morgan fingerprint density at radius 1 is 0.654 bits per heavy atom. The summed E-state index contributed by atoms with van der Waals surface area (Å²) in [4.78, 5) is 12.0. The van der Waals surface area contributed by atoms with Gasteiger partial charge in [-0.2, -0.15) is 0 Å². The van der Waals surface area contributed by atoms with E-state index < -0.39 is 0 Å². The minimum atomic E-state index is 0.0106. The molecule has 0 aliphatic heterocycles. The zero-order valence-corrected chi connectivity index (χ0v) is 18.5. The second kappa shape index (κ2) is 19.2. The molecule has 2 heteroatoms. The molecule has 0 saturated heterocycles. The van der Waals surface area contributed by atoms with Crippen LogP contribution in [0, 0.1) is 11.8 Å². The van der Waals surface area contributed by atoms with Crippen molar-refractivity contribution in [2.24, 2.45) is 11.8 Å². The Hall–Kier alpha value is -0.530. The minimum Gasteiger partial charge on any atom is -0.465 e. The highest BCUT2D eigenvalue weighted by atomic mass is 16.5. The Labute approximate surface area is 164 Å². The fourth-order valence-corrected chi connectivity index (χ4v) is 3.43. The van der Waals surface area contributed by atoms with Gasteiger partial charge in [-0.1, -0.05) is 118 Å². The molecule has 0 aliphatic carbocycles. The van der Waals surface area contributed by atoms with Crippen LogP contribution in [0.3, 0.4) is 0 Å². The maximum absolute atomic E-state index is 12.0. The largest absolute Gasteiger partial charge is 0.465 e. The van der Waals surface area contributed by atoms with E-state index in [4.69, 9.17) is 4.74 Å². The summed E-state index contributed by atoms with van der Waals surface area (Å²) in [7, 11) is 0. The summed E-state index contributed by atoms with van der Waals surface area (Å²) in [6.45, 7) is 9.33. The summed E-state index contributed by atoms with van der Waals surface area (Å²) in [5, 5.41) is 0. The van der Waals surface area contributed by atoms with Crippen LogP contribution in [0.4, 0.5) is 0 Å². The SMILES string of the molecule is CCCCCCCCCCCCC(C)COC(=O)C(C)CCCCCC. The molecule has 0 bridgehead atoms. The first-order valence-electron chi connectivity index (χ1n) is 11.8. The van der Waals surface area contributed by atoms with Crippen molar-refractivity contribution in [3.05, 3.63) is 0 Å². The molecule has 0 heterocycles. The standard InChI is InChI=1S/C24H48O2/c1-5-7-9-11-12-13-14-15-16-17-19-22(3)21-26-24(25)23(4)20-18-10-8-6-2/h22-23H,5-21H2,1-4H3. The van der Waals surface area contributed by atoms with Crippen LogP contribution in [0.25, 0.3) is 0 Å². The van der Waals surface area contributed by atoms with E-state index in [0.29, 0.717) is 12.5 Å². The van der Waals surface area contributed by atoms with Gasteiger partial charge in [0.05, 0.1) is 12.5 Å². The van der Waals surface area contributed by atoms with Crippen LogP contribution in [0.5, 0.6) is 0 Å². The van der Waals surface area contributed by atoms with Gasteiger partial charge in [-0.3, -0.25) is 4.79 Å². The lowest BCUT2D eigenvalue weighted by Gasteiger charge is -2.15. The topological polar surface area (TPSA) is 26.3 Å². The van der Waals surface area contributed by atoms with Crippen LogP contribution in [-0.2, 0) is 9.53 Å². The van der Waals surface area contributed by atoms with Crippen LogP contribution in [0.15, 0.2) is 0 Å². The van der Waals surface area contributed by atoms with Crippen molar-refractivity contribution in [2.75, 3.05) is 6.61 Å². The first-order valence-corrected chi connectivity index (χ1v) is 11.8. The van der Waals surface area contributed by atoms with Crippen molar-refractivity contribution in [3.63, 3.8) is 0 Å². The molecule has 156 valence electrons. The van der Waals surface area contributed by atoms with Crippen LogP contribution >= 0.6 is 0 Å². The monoisotopic (exact) mass is 368 g/mol. The zero-order valence-electron chi connectivity index (χ0n) is 18.5. The molecule has 0 N–H and O–H groups in total. The summed E-state index contributed by atoms with van der Waals surface area (Å²) in [6.07, 6.45) is 20.9. The van der Waals surface area contributed by atoms with Gasteiger partial charge in [0.1, 0.15) is 0 Å². The molecule has 0 aromatic rings. The number of rotatable bonds is 19. The Morgan fingerprint density at radius 3 is 1.62 bits per heavy atom. The van der Waals surface area contributed by atoms with Gasteiger partial charge in [0.15, 0.2) is 0 Å². The number of carbonyl (C=O) groups is 1. The Balaban J connectivity index is 3.45. The first kappa shape index (κ1) is 25.5. The molecule has 2 nitrogen and oxygen atoms in total. The van der Waals surface area contributed by atoms with Crippen molar-refractivity contribution >= 4 is 5.97 Å². The van der Waals surface area contributed by atoms with Gasteiger partial charge in [0, 0.05) is 0 Å². The predicted octanol–water partition coefficient (Wildman–Crippen LogP) is 8.08. The lowest BCUT2D eigenvalue weighted by Crippen LogP contribution is -2.18. The molecule has 0 amide bonds. The van der Waals surface area contributed by atoms with E-state index in [0.717, 1.165) is 12.8 Å². The number of hydrogen-bond donors (Lipinski definition) is 0. The van der Waals surface area contributed by atoms with Crippen molar-refractivity contribution in [3.8, 4) is 0 Å². The second-order valence-electron chi connectivity index (χ2n) is 8.46. The highest BCUT2D eigenvalue weighted by Gasteiger charge is 2.15. The summed E-state index contributed by atoms with van der Waals surface area (Å²) < 4.78 is 5.53. The molecule has 26 heavy (non-hydrogen) atoms. The van der Waals surface area contributed by atoms with Gasteiger partial charge in [-0.15, -0.1) is 0 Å². The molecule has 0 saturated carbocycles. The van der Waals surface area contributed by atoms with Gasteiger partial charge in [-0.25, -0.2) is 0 Å². The van der Waals surface area contributed by atoms with Crippen LogP contribution in [0.2, 0.25) is 0 Å². The van der Waals surface area contributed by atoms with Gasteiger partial charge < -0.3 is 4.74 Å². The Morgan fingerprint density at radius 2 is 1.08 bits per heavy atom. The molecule has 0 aromatic carbocycles. The van der Waals surface area contributed by atoms with Crippen molar-refractivity contribution in [1.82, 2.24) is 0 Å². The van der Waals surface area contributed by atoms with Crippen molar-refractivity contribution in [2.45, 2.75) is 130 Å². The van der Waals surface area contributed by atoms with Crippen LogP contribution < -0.4 is 0 Å². The number of hydrogen-bond acceptors (Lipinski definition) is 2. The zero-order chi connectivity index (χ0) is 19.5. The summed E-state index contributed by atoms with van der Waals surface area (Å²) in [5.41, 5.74) is 0. The maximum Gasteiger partial charge on any atom is 0.308 e. The van der Waals surface area contributed by atoms with E-state index in [1.165, 1.54) is 89.9 Å². The molecular formula is C24H48O2. The molecular weight excluding hydrogens is 320 g/mol. The van der Waals surface area contributed by atoms with Crippen molar-refractivity contribution < 1.29 is 9.53 Å². The molecule has 0 spiro atoms. The summed E-state index contributed by atoms with van der Waals surface area (Å²) in [5.74, 6) is 0.577. The lowest BCUT2D eigenvalue weighted by molar-refractivity contribution is -0.149. The molecule has 2 atom stereocenters. The quantitative estimate of drug-likeness (QED) is 0.170. The van der Waals surface area contributed by atoms with E-state index in [2.05, 4.69) is 20.8 Å². The molecule has 0 radical (unpaired) electrons. The highest BCUT2D eigenvalue weighted by Crippen LogP contribution is 2.16. The van der Waals surface area contributed by atoms with E-state index in [-0.39, 0.29) is 11.9 Å². The Bertz CT molecular complexity index is 301. The predicted molar refractivity (Wildman–Crippen MR) is 115 cm³/mol. The van der Waals surface area contributed by atoms with Gasteiger partial charge in [0.25, 0.3) is 0 Å². The average molecular weight is 369 g/mol. The molecule has 0 aliphatic rings. The number of carbonyl (C=O) groups excluding carboxylic acids is 1. The van der Waals surface area contributed by atoms with E-state index in [1.54, 1.807) is 0 Å². The molecule has 0 aromatic heterocycles. The van der Waals surface area contributed by atoms with E-state index in [9.17, 15) is 4.79 Å². The summed E-state index contributed by atoms with van der Waals surface area (Å²) in [6, 6.07) is 0. The number of unbranched alkanes of at least 4 members (excludes halogenated alkanes) is 12. The third-order valence-electron chi connectivity index (χ3n) is 5.45. The van der Waals surface area contributed by atoms with Crippen LogP contribution in [0.1, 0.15) is 130 Å². The first-order chi connectivity index (χ1) is 12.6. The van der Waals surface area contributed by atoms with Gasteiger partial charge in [-0.05, 0) is 18.8 Å². The molecule has 2 unspecified atom stereocenters. The van der Waals surface area contributed by atoms with Crippen molar-refractivity contribution in [1.29, 1.82) is 0 Å². The minimum absolute atomic E-state index is 0.0106. The van der Waals surface area contributed by atoms with E-state index in [1.807, 2.05) is 6.92 Å². The van der Waals surface area contributed by atoms with Gasteiger partial charge in [0.2, 0.25) is 0 Å². The lowest BCUT2D eigenvalue weighted by atomic mass is 10.0.